The highest BCUT2D eigenvalue weighted by molar-refractivity contribution is 9.10. The number of alkyl halides is 1. The standard InChI is InChI=1S/C10H12BrClN2O/c1-7(4-12)5-14-10(15)9-3-2-8(11)6-13-9/h2-3,6-7H,4-5H2,1H3,(H,14,15). The molecule has 82 valence electrons. The zero-order chi connectivity index (χ0) is 11.3. The Morgan fingerprint density at radius 1 is 1.67 bits per heavy atom. The van der Waals surface area contributed by atoms with Gasteiger partial charge in [0, 0.05) is 23.1 Å². The van der Waals surface area contributed by atoms with Crippen molar-refractivity contribution in [2.75, 3.05) is 12.4 Å². The number of nitrogens with one attached hydrogen (secondary N) is 1. The molecular weight excluding hydrogens is 279 g/mol. The second-order valence-corrected chi connectivity index (χ2v) is 4.56. The van der Waals surface area contributed by atoms with E-state index in [0.29, 0.717) is 18.1 Å². The highest BCUT2D eigenvalue weighted by atomic mass is 79.9. The molecule has 1 unspecified atom stereocenters. The molecule has 15 heavy (non-hydrogen) atoms. The average Bonchev–Trinajstić information content (AvgIpc) is 2.26. The summed E-state index contributed by atoms with van der Waals surface area (Å²) in [4.78, 5) is 15.5. The monoisotopic (exact) mass is 290 g/mol. The first-order valence-electron chi connectivity index (χ1n) is 4.59. The molecule has 3 nitrogen and oxygen atoms in total. The fourth-order valence-corrected chi connectivity index (χ4v) is 1.27. The number of hydrogen-bond donors (Lipinski definition) is 1. The highest BCUT2D eigenvalue weighted by Crippen LogP contribution is 2.07. The van der Waals surface area contributed by atoms with Crippen LogP contribution >= 0.6 is 27.5 Å². The molecule has 0 bridgehead atoms. The Balaban J connectivity index is 2.50. The molecule has 1 atom stereocenters. The molecule has 0 saturated carbocycles. The van der Waals surface area contributed by atoms with Gasteiger partial charge in [0.05, 0.1) is 0 Å². The van der Waals surface area contributed by atoms with Gasteiger partial charge in [-0.2, -0.15) is 0 Å². The lowest BCUT2D eigenvalue weighted by Gasteiger charge is -2.08. The van der Waals surface area contributed by atoms with Crippen molar-refractivity contribution in [1.82, 2.24) is 10.3 Å². The van der Waals surface area contributed by atoms with Crippen LogP contribution in [0.5, 0.6) is 0 Å². The molecule has 0 aliphatic carbocycles. The first-order chi connectivity index (χ1) is 7.13. The van der Waals surface area contributed by atoms with Gasteiger partial charge in [0.15, 0.2) is 0 Å². The molecule has 5 heteroatoms. The molecule has 1 aromatic heterocycles. The van der Waals surface area contributed by atoms with Crippen LogP contribution < -0.4 is 5.32 Å². The minimum Gasteiger partial charge on any atom is -0.350 e. The largest absolute Gasteiger partial charge is 0.350 e. The summed E-state index contributed by atoms with van der Waals surface area (Å²) in [5.41, 5.74) is 0.417. The summed E-state index contributed by atoms with van der Waals surface area (Å²) in [7, 11) is 0. The van der Waals surface area contributed by atoms with Gasteiger partial charge in [0.1, 0.15) is 5.69 Å². The van der Waals surface area contributed by atoms with Crippen molar-refractivity contribution >= 4 is 33.4 Å². The Morgan fingerprint density at radius 3 is 2.93 bits per heavy atom. The zero-order valence-corrected chi connectivity index (χ0v) is 10.7. The van der Waals surface area contributed by atoms with Gasteiger partial charge in [-0.25, -0.2) is 4.98 Å². The van der Waals surface area contributed by atoms with E-state index >= 15 is 0 Å². The van der Waals surface area contributed by atoms with Gasteiger partial charge in [-0.15, -0.1) is 11.6 Å². The maximum absolute atomic E-state index is 11.5. The SMILES string of the molecule is CC(CCl)CNC(=O)c1ccc(Br)cn1. The van der Waals surface area contributed by atoms with E-state index in [4.69, 9.17) is 11.6 Å². The molecule has 0 aliphatic heterocycles. The van der Waals surface area contributed by atoms with Crippen LogP contribution in [0.1, 0.15) is 17.4 Å². The summed E-state index contributed by atoms with van der Waals surface area (Å²) in [6.45, 7) is 2.54. The van der Waals surface area contributed by atoms with Crippen molar-refractivity contribution in [3.8, 4) is 0 Å². The van der Waals surface area contributed by atoms with Crippen molar-refractivity contribution in [2.45, 2.75) is 6.92 Å². The van der Waals surface area contributed by atoms with Gasteiger partial charge in [-0.3, -0.25) is 4.79 Å². The third-order valence-corrected chi connectivity index (χ3v) is 2.83. The Kier molecular flexibility index (Phi) is 5.05. The number of nitrogens with zero attached hydrogens (tertiary/aromatic N) is 1. The summed E-state index contributed by atoms with van der Waals surface area (Å²) in [6.07, 6.45) is 1.60. The van der Waals surface area contributed by atoms with Crippen LogP contribution in [0.4, 0.5) is 0 Å². The molecule has 1 heterocycles. The fraction of sp³-hybridized carbons (Fsp3) is 0.400. The lowest BCUT2D eigenvalue weighted by atomic mass is 10.2. The van der Waals surface area contributed by atoms with Crippen LogP contribution in [0.3, 0.4) is 0 Å². The highest BCUT2D eigenvalue weighted by Gasteiger charge is 2.07. The first kappa shape index (κ1) is 12.5. The topological polar surface area (TPSA) is 42.0 Å². The van der Waals surface area contributed by atoms with Crippen molar-refractivity contribution in [3.63, 3.8) is 0 Å². The minimum atomic E-state index is -0.167. The van der Waals surface area contributed by atoms with Crippen molar-refractivity contribution in [1.29, 1.82) is 0 Å². The lowest BCUT2D eigenvalue weighted by molar-refractivity contribution is 0.0944. The van der Waals surface area contributed by atoms with Crippen molar-refractivity contribution in [2.24, 2.45) is 5.92 Å². The van der Waals surface area contributed by atoms with E-state index in [1.54, 1.807) is 18.3 Å². The Bertz CT molecular complexity index is 329. The van der Waals surface area contributed by atoms with Gasteiger partial charge in [-0.1, -0.05) is 6.92 Å². The van der Waals surface area contributed by atoms with Crippen LogP contribution in [-0.4, -0.2) is 23.3 Å². The molecule has 1 amide bonds. The predicted molar refractivity (Wildman–Crippen MR) is 64.2 cm³/mol. The number of aromatic nitrogens is 1. The summed E-state index contributed by atoms with van der Waals surface area (Å²) in [5.74, 6) is 0.638. The van der Waals surface area contributed by atoms with E-state index in [-0.39, 0.29) is 11.8 Å². The third-order valence-electron chi connectivity index (χ3n) is 1.83. The summed E-state index contributed by atoms with van der Waals surface area (Å²) in [5, 5.41) is 2.77. The Labute approximate surface area is 102 Å². The van der Waals surface area contributed by atoms with Gasteiger partial charge in [0.25, 0.3) is 5.91 Å². The van der Waals surface area contributed by atoms with Gasteiger partial charge in [0.2, 0.25) is 0 Å². The summed E-state index contributed by atoms with van der Waals surface area (Å²) in [6, 6.07) is 3.46. The number of halogens is 2. The first-order valence-corrected chi connectivity index (χ1v) is 5.92. The van der Waals surface area contributed by atoms with Gasteiger partial charge < -0.3 is 5.32 Å². The predicted octanol–water partition coefficient (Wildman–Crippen LogP) is 2.45. The smallest absolute Gasteiger partial charge is 0.269 e. The molecule has 1 aromatic rings. The van der Waals surface area contributed by atoms with E-state index in [9.17, 15) is 4.79 Å². The van der Waals surface area contributed by atoms with Crippen molar-refractivity contribution < 1.29 is 4.79 Å². The summed E-state index contributed by atoms with van der Waals surface area (Å²) < 4.78 is 0.855. The van der Waals surface area contributed by atoms with Crippen LogP contribution in [0.25, 0.3) is 0 Å². The summed E-state index contributed by atoms with van der Waals surface area (Å²) >= 11 is 8.89. The molecule has 0 fully saturated rings. The van der Waals surface area contributed by atoms with E-state index < -0.39 is 0 Å². The second kappa shape index (κ2) is 6.08. The molecule has 0 saturated heterocycles. The van der Waals surface area contributed by atoms with Crippen LogP contribution in [0.15, 0.2) is 22.8 Å². The molecule has 0 aromatic carbocycles. The maximum atomic E-state index is 11.5. The Hall–Kier alpha value is -0.610. The van der Waals surface area contributed by atoms with Gasteiger partial charge >= 0.3 is 0 Å². The normalized spacial score (nSPS) is 12.2. The molecule has 0 aliphatic rings. The lowest BCUT2D eigenvalue weighted by Crippen LogP contribution is -2.29. The zero-order valence-electron chi connectivity index (χ0n) is 8.34. The van der Waals surface area contributed by atoms with Crippen LogP contribution in [0, 0.1) is 5.92 Å². The van der Waals surface area contributed by atoms with Gasteiger partial charge in [-0.05, 0) is 34.0 Å². The quantitative estimate of drug-likeness (QED) is 0.866. The molecule has 1 rings (SSSR count). The molecule has 0 radical (unpaired) electrons. The number of carbonyl (C=O) groups excluding carboxylic acids is 1. The number of carbonyl (C=O) groups is 1. The molecule has 0 spiro atoms. The van der Waals surface area contributed by atoms with Crippen LogP contribution in [-0.2, 0) is 0 Å². The van der Waals surface area contributed by atoms with Crippen molar-refractivity contribution in [3.05, 3.63) is 28.5 Å². The number of hydrogen-bond acceptors (Lipinski definition) is 2. The minimum absolute atomic E-state index is 0.167. The van der Waals surface area contributed by atoms with E-state index in [2.05, 4.69) is 26.2 Å². The third kappa shape index (κ3) is 4.18. The maximum Gasteiger partial charge on any atom is 0.269 e. The van der Waals surface area contributed by atoms with E-state index in [1.165, 1.54) is 0 Å². The Morgan fingerprint density at radius 2 is 2.40 bits per heavy atom. The van der Waals surface area contributed by atoms with E-state index in [0.717, 1.165) is 4.47 Å². The fourth-order valence-electron chi connectivity index (χ4n) is 0.922. The number of rotatable bonds is 4. The molecule has 1 N–H and O–H groups in total. The van der Waals surface area contributed by atoms with E-state index in [1.807, 2.05) is 6.92 Å². The average molecular weight is 292 g/mol. The molecular formula is C10H12BrClN2O. The van der Waals surface area contributed by atoms with Crippen LogP contribution in [0.2, 0.25) is 0 Å². The number of pyridine rings is 1. The number of amides is 1. The second-order valence-electron chi connectivity index (χ2n) is 3.33.